The number of hydrogen-bond donors (Lipinski definition) is 0. The molecule has 0 saturated carbocycles. The Morgan fingerprint density at radius 2 is 1.09 bits per heavy atom. The standard InChI is InChI=1S/C20H24O3/c1-4-21-18-11-9-16(10-12-18)7-8-17-13-19(22-5-2)15-20(14-17)23-6-3/h7-15H,4-6H2,1-3H3. The first-order valence-corrected chi connectivity index (χ1v) is 8.06. The van der Waals surface area contributed by atoms with E-state index >= 15 is 0 Å². The average Bonchev–Trinajstić information content (AvgIpc) is 2.55. The van der Waals surface area contributed by atoms with Crippen LogP contribution in [-0.2, 0) is 0 Å². The van der Waals surface area contributed by atoms with Gasteiger partial charge in [0, 0.05) is 6.07 Å². The molecule has 0 heterocycles. The van der Waals surface area contributed by atoms with E-state index in [4.69, 9.17) is 14.2 Å². The summed E-state index contributed by atoms with van der Waals surface area (Å²) in [5.41, 5.74) is 2.17. The van der Waals surface area contributed by atoms with E-state index in [1.807, 2.05) is 63.2 Å². The van der Waals surface area contributed by atoms with Crippen LogP contribution in [0, 0.1) is 0 Å². The van der Waals surface area contributed by atoms with Crippen LogP contribution < -0.4 is 14.2 Å². The van der Waals surface area contributed by atoms with Gasteiger partial charge in [-0.1, -0.05) is 24.3 Å². The fourth-order valence-corrected chi connectivity index (χ4v) is 2.22. The van der Waals surface area contributed by atoms with Gasteiger partial charge in [-0.3, -0.25) is 0 Å². The molecule has 2 rings (SSSR count). The Morgan fingerprint density at radius 3 is 1.61 bits per heavy atom. The fraction of sp³-hybridized carbons (Fsp3) is 0.300. The lowest BCUT2D eigenvalue weighted by Crippen LogP contribution is -1.95. The highest BCUT2D eigenvalue weighted by Crippen LogP contribution is 2.25. The maximum absolute atomic E-state index is 5.60. The van der Waals surface area contributed by atoms with Gasteiger partial charge in [0.25, 0.3) is 0 Å². The first kappa shape index (κ1) is 16.9. The maximum Gasteiger partial charge on any atom is 0.123 e. The summed E-state index contributed by atoms with van der Waals surface area (Å²) in [6, 6.07) is 14.0. The molecule has 0 aliphatic rings. The minimum atomic E-state index is 0.637. The van der Waals surface area contributed by atoms with Crippen molar-refractivity contribution in [3.63, 3.8) is 0 Å². The zero-order valence-electron chi connectivity index (χ0n) is 14.0. The molecule has 0 fully saturated rings. The first-order chi connectivity index (χ1) is 11.2. The summed E-state index contributed by atoms with van der Waals surface area (Å²) in [6.45, 7) is 7.88. The van der Waals surface area contributed by atoms with E-state index < -0.39 is 0 Å². The largest absolute Gasteiger partial charge is 0.494 e. The quantitative estimate of drug-likeness (QED) is 0.638. The van der Waals surface area contributed by atoms with E-state index in [0.717, 1.165) is 28.4 Å². The number of rotatable bonds is 8. The Morgan fingerprint density at radius 1 is 0.609 bits per heavy atom. The SMILES string of the molecule is CCOc1ccc(C=Cc2cc(OCC)cc(OCC)c2)cc1. The van der Waals surface area contributed by atoms with E-state index in [0.29, 0.717) is 19.8 Å². The Kier molecular flexibility index (Phi) is 6.55. The van der Waals surface area contributed by atoms with Crippen LogP contribution in [0.1, 0.15) is 31.9 Å². The van der Waals surface area contributed by atoms with Crippen LogP contribution in [0.25, 0.3) is 12.2 Å². The molecule has 3 heteroatoms. The van der Waals surface area contributed by atoms with Crippen LogP contribution in [0.2, 0.25) is 0 Å². The molecule has 3 nitrogen and oxygen atoms in total. The van der Waals surface area contributed by atoms with Gasteiger partial charge >= 0.3 is 0 Å². The number of benzene rings is 2. The molecule has 2 aromatic carbocycles. The van der Waals surface area contributed by atoms with Crippen molar-refractivity contribution in [1.82, 2.24) is 0 Å². The molecule has 0 aliphatic heterocycles. The van der Waals surface area contributed by atoms with Gasteiger partial charge in [0.1, 0.15) is 17.2 Å². The van der Waals surface area contributed by atoms with Gasteiger partial charge in [0.2, 0.25) is 0 Å². The van der Waals surface area contributed by atoms with E-state index in [9.17, 15) is 0 Å². The summed E-state index contributed by atoms with van der Waals surface area (Å²) < 4.78 is 16.6. The lowest BCUT2D eigenvalue weighted by atomic mass is 10.1. The van der Waals surface area contributed by atoms with Crippen molar-refractivity contribution in [2.24, 2.45) is 0 Å². The topological polar surface area (TPSA) is 27.7 Å². The fourth-order valence-electron chi connectivity index (χ4n) is 2.22. The van der Waals surface area contributed by atoms with Gasteiger partial charge < -0.3 is 14.2 Å². The van der Waals surface area contributed by atoms with E-state index in [1.54, 1.807) is 0 Å². The molecular weight excluding hydrogens is 288 g/mol. The van der Waals surface area contributed by atoms with Gasteiger partial charge in [-0.05, 0) is 56.2 Å². The highest BCUT2D eigenvalue weighted by molar-refractivity contribution is 5.71. The highest BCUT2D eigenvalue weighted by atomic mass is 16.5. The molecule has 0 radical (unpaired) electrons. The monoisotopic (exact) mass is 312 g/mol. The summed E-state index contributed by atoms with van der Waals surface area (Å²) in [6.07, 6.45) is 4.12. The van der Waals surface area contributed by atoms with Crippen molar-refractivity contribution in [1.29, 1.82) is 0 Å². The maximum atomic E-state index is 5.60. The van der Waals surface area contributed by atoms with Crippen molar-refractivity contribution in [3.8, 4) is 17.2 Å². The summed E-state index contributed by atoms with van der Waals surface area (Å²) in [5, 5.41) is 0. The van der Waals surface area contributed by atoms with E-state index in [1.165, 1.54) is 0 Å². The second-order valence-electron chi connectivity index (χ2n) is 4.94. The lowest BCUT2D eigenvalue weighted by molar-refractivity contribution is 0.323. The Hall–Kier alpha value is -2.42. The second kappa shape index (κ2) is 8.89. The van der Waals surface area contributed by atoms with Crippen LogP contribution in [0.5, 0.6) is 17.2 Å². The molecule has 0 aliphatic carbocycles. The zero-order valence-corrected chi connectivity index (χ0v) is 14.0. The summed E-state index contributed by atoms with van der Waals surface area (Å²) in [4.78, 5) is 0. The summed E-state index contributed by atoms with van der Waals surface area (Å²) in [5.74, 6) is 2.54. The molecule has 0 saturated heterocycles. The van der Waals surface area contributed by atoms with Crippen LogP contribution in [-0.4, -0.2) is 19.8 Å². The number of hydrogen-bond acceptors (Lipinski definition) is 3. The molecule has 2 aromatic rings. The van der Waals surface area contributed by atoms with Crippen molar-refractivity contribution < 1.29 is 14.2 Å². The Bertz CT molecular complexity index is 606. The lowest BCUT2D eigenvalue weighted by Gasteiger charge is -2.09. The molecule has 0 spiro atoms. The average molecular weight is 312 g/mol. The smallest absolute Gasteiger partial charge is 0.123 e. The molecule has 23 heavy (non-hydrogen) atoms. The predicted octanol–water partition coefficient (Wildman–Crippen LogP) is 5.05. The predicted molar refractivity (Wildman–Crippen MR) is 95.3 cm³/mol. The van der Waals surface area contributed by atoms with Crippen LogP contribution in [0.15, 0.2) is 42.5 Å². The van der Waals surface area contributed by atoms with Gasteiger partial charge in [-0.25, -0.2) is 0 Å². The van der Waals surface area contributed by atoms with Gasteiger partial charge in [-0.15, -0.1) is 0 Å². The molecule has 0 unspecified atom stereocenters. The third-order valence-corrected chi connectivity index (χ3v) is 3.18. The van der Waals surface area contributed by atoms with Gasteiger partial charge in [0.15, 0.2) is 0 Å². The normalized spacial score (nSPS) is 10.7. The van der Waals surface area contributed by atoms with Crippen molar-refractivity contribution in [2.75, 3.05) is 19.8 Å². The van der Waals surface area contributed by atoms with Gasteiger partial charge in [-0.2, -0.15) is 0 Å². The zero-order chi connectivity index (χ0) is 16.5. The molecule has 0 atom stereocenters. The van der Waals surface area contributed by atoms with Crippen LogP contribution in [0.3, 0.4) is 0 Å². The first-order valence-electron chi connectivity index (χ1n) is 8.06. The minimum absolute atomic E-state index is 0.637. The second-order valence-corrected chi connectivity index (χ2v) is 4.94. The molecule has 0 amide bonds. The highest BCUT2D eigenvalue weighted by Gasteiger charge is 2.01. The molecule has 0 bridgehead atoms. The van der Waals surface area contributed by atoms with Crippen molar-refractivity contribution in [2.45, 2.75) is 20.8 Å². The van der Waals surface area contributed by atoms with E-state index in [-0.39, 0.29) is 0 Å². The molecule has 0 N–H and O–H groups in total. The van der Waals surface area contributed by atoms with Crippen LogP contribution >= 0.6 is 0 Å². The van der Waals surface area contributed by atoms with E-state index in [2.05, 4.69) is 12.2 Å². The minimum Gasteiger partial charge on any atom is -0.494 e. The summed E-state index contributed by atoms with van der Waals surface area (Å²) in [7, 11) is 0. The molecular formula is C20H24O3. The van der Waals surface area contributed by atoms with Crippen LogP contribution in [0.4, 0.5) is 0 Å². The summed E-state index contributed by atoms with van der Waals surface area (Å²) >= 11 is 0. The Balaban J connectivity index is 2.16. The van der Waals surface area contributed by atoms with Gasteiger partial charge in [0.05, 0.1) is 19.8 Å². The van der Waals surface area contributed by atoms with Crippen molar-refractivity contribution >= 4 is 12.2 Å². The third-order valence-electron chi connectivity index (χ3n) is 3.18. The third kappa shape index (κ3) is 5.37. The number of ether oxygens (including phenoxy) is 3. The Labute approximate surface area is 138 Å². The van der Waals surface area contributed by atoms with Crippen molar-refractivity contribution in [3.05, 3.63) is 53.6 Å². The molecule has 0 aromatic heterocycles. The molecule has 122 valence electrons.